The lowest BCUT2D eigenvalue weighted by Gasteiger charge is -2.37. The van der Waals surface area contributed by atoms with E-state index in [1.807, 2.05) is 11.8 Å². The molecule has 1 aliphatic rings. The Kier molecular flexibility index (Phi) is 3.87. The molecule has 1 aromatic heterocycles. The van der Waals surface area contributed by atoms with Gasteiger partial charge in [-0.1, -0.05) is 6.92 Å². The van der Waals surface area contributed by atoms with Crippen LogP contribution >= 0.6 is 0 Å². The van der Waals surface area contributed by atoms with Crippen LogP contribution in [0.5, 0.6) is 0 Å². The summed E-state index contributed by atoms with van der Waals surface area (Å²) in [5, 5.41) is 20.1. The first-order valence-corrected chi connectivity index (χ1v) is 6.55. The first-order chi connectivity index (χ1) is 9.40. The first-order valence-electron chi connectivity index (χ1n) is 6.55. The number of hydrogen-bond acceptors (Lipinski definition) is 5. The minimum Gasteiger partial charge on any atom is -0.477 e. The number of piperidine rings is 1. The average molecular weight is 279 g/mol. The van der Waals surface area contributed by atoms with Crippen LogP contribution in [0.3, 0.4) is 0 Å². The molecule has 2 rings (SSSR count). The van der Waals surface area contributed by atoms with Gasteiger partial charge in [-0.05, 0) is 31.7 Å². The van der Waals surface area contributed by atoms with Gasteiger partial charge in [-0.2, -0.15) is 0 Å². The number of anilines is 1. The summed E-state index contributed by atoms with van der Waals surface area (Å²) >= 11 is 0. The number of nitro groups is 1. The third-order valence-corrected chi connectivity index (χ3v) is 3.68. The molecule has 0 bridgehead atoms. The molecule has 1 aliphatic heterocycles. The second-order valence-corrected chi connectivity index (χ2v) is 5.27. The number of nitrogens with zero attached hydrogens (tertiary/aromatic N) is 3. The molecular formula is C13H17N3O4. The zero-order chi connectivity index (χ0) is 14.9. The van der Waals surface area contributed by atoms with Crippen molar-refractivity contribution < 1.29 is 14.8 Å². The molecule has 0 aromatic carbocycles. The van der Waals surface area contributed by atoms with E-state index in [4.69, 9.17) is 5.11 Å². The Bertz CT molecular complexity index is 546. The lowest BCUT2D eigenvalue weighted by atomic mass is 9.93. The third kappa shape index (κ3) is 2.71. The van der Waals surface area contributed by atoms with E-state index in [1.165, 1.54) is 12.1 Å². The topological polar surface area (TPSA) is 96.6 Å². The minimum absolute atomic E-state index is 0.106. The Morgan fingerprint density at radius 2 is 2.20 bits per heavy atom. The van der Waals surface area contributed by atoms with Gasteiger partial charge in [0, 0.05) is 18.7 Å². The van der Waals surface area contributed by atoms with Crippen LogP contribution in [0, 0.1) is 16.0 Å². The fourth-order valence-corrected chi connectivity index (χ4v) is 2.64. The molecule has 7 nitrogen and oxygen atoms in total. The van der Waals surface area contributed by atoms with Crippen molar-refractivity contribution in [1.82, 2.24) is 4.98 Å². The molecule has 2 atom stereocenters. The molecule has 20 heavy (non-hydrogen) atoms. The van der Waals surface area contributed by atoms with Crippen LogP contribution in [-0.2, 0) is 0 Å². The molecular weight excluding hydrogens is 262 g/mol. The van der Waals surface area contributed by atoms with Gasteiger partial charge in [0.25, 0.3) is 0 Å². The maximum absolute atomic E-state index is 11.1. The molecule has 2 unspecified atom stereocenters. The Balaban J connectivity index is 2.44. The molecule has 0 radical (unpaired) electrons. The van der Waals surface area contributed by atoms with E-state index in [0.29, 0.717) is 12.5 Å². The van der Waals surface area contributed by atoms with E-state index >= 15 is 0 Å². The smallest absolute Gasteiger partial charge is 0.354 e. The molecule has 1 N–H and O–H groups in total. The number of rotatable bonds is 3. The van der Waals surface area contributed by atoms with Crippen molar-refractivity contribution in [2.75, 3.05) is 11.4 Å². The number of carbonyl (C=O) groups is 1. The molecule has 0 saturated carbocycles. The van der Waals surface area contributed by atoms with Crippen LogP contribution in [0.15, 0.2) is 12.1 Å². The Morgan fingerprint density at radius 3 is 2.75 bits per heavy atom. The highest BCUT2D eigenvalue weighted by Crippen LogP contribution is 2.32. The van der Waals surface area contributed by atoms with Crippen molar-refractivity contribution in [1.29, 1.82) is 0 Å². The fraction of sp³-hybridized carbons (Fsp3) is 0.538. The summed E-state index contributed by atoms with van der Waals surface area (Å²) in [7, 11) is 0. The van der Waals surface area contributed by atoms with Crippen LogP contribution in [-0.4, -0.2) is 33.6 Å². The monoisotopic (exact) mass is 279 g/mol. The Labute approximate surface area is 116 Å². The SMILES string of the molecule is CC1CCN(c2nc(C(=O)O)ccc2[N+](=O)[O-])C(C)C1. The first kappa shape index (κ1) is 14.2. The van der Waals surface area contributed by atoms with Gasteiger partial charge in [0.05, 0.1) is 4.92 Å². The number of pyridine rings is 1. The molecule has 0 amide bonds. The fourth-order valence-electron chi connectivity index (χ4n) is 2.64. The second-order valence-electron chi connectivity index (χ2n) is 5.27. The van der Waals surface area contributed by atoms with E-state index in [9.17, 15) is 14.9 Å². The molecule has 2 heterocycles. The van der Waals surface area contributed by atoms with Gasteiger partial charge >= 0.3 is 11.7 Å². The van der Waals surface area contributed by atoms with E-state index in [0.717, 1.165) is 12.8 Å². The van der Waals surface area contributed by atoms with Gasteiger partial charge in [0.15, 0.2) is 5.69 Å². The average Bonchev–Trinajstić information content (AvgIpc) is 2.37. The highest BCUT2D eigenvalue weighted by atomic mass is 16.6. The highest BCUT2D eigenvalue weighted by Gasteiger charge is 2.30. The molecule has 0 aliphatic carbocycles. The van der Waals surface area contributed by atoms with Crippen molar-refractivity contribution >= 4 is 17.5 Å². The van der Waals surface area contributed by atoms with Gasteiger partial charge in [-0.3, -0.25) is 10.1 Å². The number of carboxylic acid groups (broad SMARTS) is 1. The second kappa shape index (κ2) is 5.44. The molecule has 1 saturated heterocycles. The van der Waals surface area contributed by atoms with Crippen molar-refractivity contribution in [3.05, 3.63) is 27.9 Å². The van der Waals surface area contributed by atoms with Gasteiger partial charge in [0.1, 0.15) is 0 Å². The Morgan fingerprint density at radius 1 is 1.50 bits per heavy atom. The largest absolute Gasteiger partial charge is 0.477 e. The van der Waals surface area contributed by atoms with Crippen LogP contribution < -0.4 is 4.90 Å². The van der Waals surface area contributed by atoms with Crippen molar-refractivity contribution in [2.45, 2.75) is 32.7 Å². The van der Waals surface area contributed by atoms with Crippen molar-refractivity contribution in [3.63, 3.8) is 0 Å². The van der Waals surface area contributed by atoms with E-state index in [-0.39, 0.29) is 23.2 Å². The van der Waals surface area contributed by atoms with Gasteiger partial charge in [-0.25, -0.2) is 9.78 Å². The maximum atomic E-state index is 11.1. The summed E-state index contributed by atoms with van der Waals surface area (Å²) in [6.45, 7) is 4.77. The molecule has 1 aromatic rings. The van der Waals surface area contributed by atoms with Crippen LogP contribution in [0.25, 0.3) is 0 Å². The predicted molar refractivity (Wildman–Crippen MR) is 73.1 cm³/mol. The van der Waals surface area contributed by atoms with Gasteiger partial charge in [0.2, 0.25) is 5.82 Å². The van der Waals surface area contributed by atoms with Gasteiger partial charge < -0.3 is 10.0 Å². The summed E-state index contributed by atoms with van der Waals surface area (Å²) < 4.78 is 0. The lowest BCUT2D eigenvalue weighted by molar-refractivity contribution is -0.384. The highest BCUT2D eigenvalue weighted by molar-refractivity contribution is 5.86. The molecule has 0 spiro atoms. The summed E-state index contributed by atoms with van der Waals surface area (Å²) in [5.74, 6) is -0.462. The number of aromatic nitrogens is 1. The van der Waals surface area contributed by atoms with E-state index < -0.39 is 10.9 Å². The quantitative estimate of drug-likeness (QED) is 0.673. The summed E-state index contributed by atoms with van der Waals surface area (Å²) in [6, 6.07) is 2.49. The van der Waals surface area contributed by atoms with Crippen LogP contribution in [0.1, 0.15) is 37.2 Å². The molecule has 7 heteroatoms. The maximum Gasteiger partial charge on any atom is 0.354 e. The third-order valence-electron chi connectivity index (χ3n) is 3.68. The standard InChI is InChI=1S/C13H17N3O4/c1-8-5-6-15(9(2)7-8)12-11(16(19)20)4-3-10(14-12)13(17)18/h3-4,8-9H,5-7H2,1-2H3,(H,17,18). The predicted octanol–water partition coefficient (Wildman–Crippen LogP) is 2.31. The summed E-state index contributed by atoms with van der Waals surface area (Å²) in [6.07, 6.45) is 1.83. The van der Waals surface area contributed by atoms with Crippen molar-refractivity contribution in [3.8, 4) is 0 Å². The van der Waals surface area contributed by atoms with Crippen LogP contribution in [0.2, 0.25) is 0 Å². The normalized spacial score (nSPS) is 22.6. The molecule has 1 fully saturated rings. The minimum atomic E-state index is -1.18. The van der Waals surface area contributed by atoms with Crippen LogP contribution in [0.4, 0.5) is 11.5 Å². The van der Waals surface area contributed by atoms with Gasteiger partial charge in [-0.15, -0.1) is 0 Å². The number of hydrogen-bond donors (Lipinski definition) is 1. The zero-order valence-corrected chi connectivity index (χ0v) is 11.4. The van der Waals surface area contributed by atoms with E-state index in [1.54, 1.807) is 0 Å². The Hall–Kier alpha value is -2.18. The number of aromatic carboxylic acids is 1. The lowest BCUT2D eigenvalue weighted by Crippen LogP contribution is -2.41. The van der Waals surface area contributed by atoms with Crippen molar-refractivity contribution in [2.24, 2.45) is 5.92 Å². The summed E-state index contributed by atoms with van der Waals surface area (Å²) in [4.78, 5) is 27.4. The summed E-state index contributed by atoms with van der Waals surface area (Å²) in [5.41, 5.74) is -0.312. The zero-order valence-electron chi connectivity index (χ0n) is 11.4. The molecule has 108 valence electrons. The van der Waals surface area contributed by atoms with E-state index in [2.05, 4.69) is 11.9 Å². The number of carboxylic acids is 1.